The molecule has 5 amide bonds. The summed E-state index contributed by atoms with van der Waals surface area (Å²) in [4.78, 5) is 64.9. The van der Waals surface area contributed by atoms with Gasteiger partial charge in [0, 0.05) is 19.0 Å². The molecule has 11 nitrogen and oxygen atoms in total. The maximum atomic E-state index is 13.9. The van der Waals surface area contributed by atoms with Crippen LogP contribution in [0.4, 0.5) is 9.18 Å². The number of methoxy groups -OCH3 is 1. The van der Waals surface area contributed by atoms with E-state index in [1.165, 1.54) is 31.4 Å². The number of ether oxygens (including phenoxy) is 1. The van der Waals surface area contributed by atoms with Crippen molar-refractivity contribution in [3.05, 3.63) is 83.2 Å². The number of nitrogens with one attached hydrogen (secondary N) is 5. The minimum Gasteiger partial charge on any atom is -0.467 e. The number of rotatable bonds is 10. The van der Waals surface area contributed by atoms with E-state index in [2.05, 4.69) is 26.6 Å². The fourth-order valence-electron chi connectivity index (χ4n) is 5.11. The smallest absolute Gasteiger partial charge is 0.328 e. The highest BCUT2D eigenvalue weighted by Crippen LogP contribution is 2.12. The van der Waals surface area contributed by atoms with Crippen molar-refractivity contribution in [3.8, 4) is 0 Å². The molecule has 248 valence electrons. The molecule has 0 radical (unpaired) electrons. The van der Waals surface area contributed by atoms with E-state index >= 15 is 0 Å². The Kier molecular flexibility index (Phi) is 13.7. The minimum absolute atomic E-state index is 0.122. The zero-order chi connectivity index (χ0) is 33.6. The molecule has 2 aromatic carbocycles. The van der Waals surface area contributed by atoms with Crippen LogP contribution in [-0.2, 0) is 36.8 Å². The summed E-state index contributed by atoms with van der Waals surface area (Å²) in [6.07, 6.45) is 4.56. The molecule has 5 N–H and O–H groups in total. The van der Waals surface area contributed by atoms with Crippen LogP contribution in [0.2, 0.25) is 0 Å². The fourth-order valence-corrected chi connectivity index (χ4v) is 5.11. The SMILES string of the molecule is COC(=O)[C@@H](NC(=O)N[C@@H](Cc1cccc(C)c1)C(=O)N[C@H]1CCCCNC(=O)/C=C\[C@H](Cc2cccc(F)c2)NC1=O)C(C)C. The van der Waals surface area contributed by atoms with Crippen molar-refractivity contribution in [1.82, 2.24) is 26.6 Å². The van der Waals surface area contributed by atoms with Crippen molar-refractivity contribution in [2.75, 3.05) is 13.7 Å². The second-order valence-corrected chi connectivity index (χ2v) is 11.8. The first-order valence-corrected chi connectivity index (χ1v) is 15.5. The molecule has 4 atom stereocenters. The topological polar surface area (TPSA) is 155 Å². The van der Waals surface area contributed by atoms with Gasteiger partial charge in [-0.3, -0.25) is 14.4 Å². The van der Waals surface area contributed by atoms with Gasteiger partial charge in [0.25, 0.3) is 0 Å². The number of carbonyl (C=O) groups excluding carboxylic acids is 5. The Morgan fingerprint density at radius 3 is 2.46 bits per heavy atom. The van der Waals surface area contributed by atoms with Gasteiger partial charge in [-0.15, -0.1) is 0 Å². The number of aryl methyl sites for hydroxylation is 1. The van der Waals surface area contributed by atoms with E-state index in [-0.39, 0.29) is 31.1 Å². The maximum Gasteiger partial charge on any atom is 0.328 e. The summed E-state index contributed by atoms with van der Waals surface area (Å²) in [7, 11) is 1.23. The molecular weight excluding hydrogens is 593 g/mol. The predicted molar refractivity (Wildman–Crippen MR) is 171 cm³/mol. The number of carbonyl (C=O) groups is 5. The normalized spacial score (nSPS) is 19.3. The number of urea groups is 1. The van der Waals surface area contributed by atoms with Gasteiger partial charge in [0.2, 0.25) is 17.7 Å². The summed E-state index contributed by atoms with van der Waals surface area (Å²) in [6.45, 7) is 5.80. The molecule has 0 saturated carbocycles. The van der Waals surface area contributed by atoms with E-state index in [1.807, 2.05) is 31.2 Å². The summed E-state index contributed by atoms with van der Waals surface area (Å²) >= 11 is 0. The summed E-state index contributed by atoms with van der Waals surface area (Å²) in [5.41, 5.74) is 2.37. The van der Waals surface area contributed by atoms with E-state index in [4.69, 9.17) is 4.74 Å². The van der Waals surface area contributed by atoms with Gasteiger partial charge in [-0.2, -0.15) is 0 Å². The van der Waals surface area contributed by atoms with Crippen LogP contribution in [-0.4, -0.2) is 67.5 Å². The number of amides is 5. The summed E-state index contributed by atoms with van der Waals surface area (Å²) in [5, 5.41) is 13.8. The van der Waals surface area contributed by atoms with Crippen LogP contribution in [0, 0.1) is 18.7 Å². The molecule has 46 heavy (non-hydrogen) atoms. The number of hydrogen-bond acceptors (Lipinski definition) is 6. The number of halogens is 1. The molecule has 0 fully saturated rings. The quantitative estimate of drug-likeness (QED) is 0.253. The first kappa shape index (κ1) is 35.7. The minimum atomic E-state index is -1.09. The van der Waals surface area contributed by atoms with Gasteiger partial charge < -0.3 is 31.3 Å². The van der Waals surface area contributed by atoms with Crippen LogP contribution in [0.3, 0.4) is 0 Å². The molecule has 0 aromatic heterocycles. The highest BCUT2D eigenvalue weighted by molar-refractivity contribution is 5.93. The van der Waals surface area contributed by atoms with Crippen LogP contribution in [0.1, 0.15) is 49.8 Å². The third-order valence-electron chi connectivity index (χ3n) is 7.56. The van der Waals surface area contributed by atoms with Gasteiger partial charge in [0.1, 0.15) is 23.9 Å². The lowest BCUT2D eigenvalue weighted by atomic mass is 10.0. The molecule has 3 rings (SSSR count). The van der Waals surface area contributed by atoms with Gasteiger partial charge in [0.15, 0.2) is 0 Å². The molecule has 1 aliphatic rings. The highest BCUT2D eigenvalue weighted by Gasteiger charge is 2.30. The Bertz CT molecular complexity index is 1410. The molecular formula is C34H44FN5O6. The van der Waals surface area contributed by atoms with E-state index in [9.17, 15) is 28.4 Å². The van der Waals surface area contributed by atoms with Crippen molar-refractivity contribution >= 4 is 29.7 Å². The predicted octanol–water partition coefficient (Wildman–Crippen LogP) is 2.61. The molecule has 1 aliphatic heterocycles. The lowest BCUT2D eigenvalue weighted by Crippen LogP contribution is -2.58. The Morgan fingerprint density at radius 2 is 1.76 bits per heavy atom. The van der Waals surface area contributed by atoms with Gasteiger partial charge >= 0.3 is 12.0 Å². The Balaban J connectivity index is 1.83. The average Bonchev–Trinajstić information content (AvgIpc) is 3.00. The third kappa shape index (κ3) is 11.6. The van der Waals surface area contributed by atoms with Crippen LogP contribution < -0.4 is 26.6 Å². The van der Waals surface area contributed by atoms with Gasteiger partial charge in [0.05, 0.1) is 13.2 Å². The molecule has 0 bridgehead atoms. The van der Waals surface area contributed by atoms with E-state index in [0.29, 0.717) is 24.9 Å². The molecule has 12 heteroatoms. The van der Waals surface area contributed by atoms with E-state index in [1.54, 1.807) is 26.0 Å². The molecule has 0 unspecified atom stereocenters. The monoisotopic (exact) mass is 637 g/mol. The van der Waals surface area contributed by atoms with Crippen molar-refractivity contribution in [1.29, 1.82) is 0 Å². The summed E-state index contributed by atoms with van der Waals surface area (Å²) in [5.74, 6) is -2.70. The highest BCUT2D eigenvalue weighted by atomic mass is 19.1. The van der Waals surface area contributed by atoms with Crippen molar-refractivity contribution < 1.29 is 33.1 Å². The molecule has 0 saturated heterocycles. The van der Waals surface area contributed by atoms with E-state index in [0.717, 1.165) is 11.1 Å². The third-order valence-corrected chi connectivity index (χ3v) is 7.56. The second kappa shape index (κ2) is 17.7. The number of benzene rings is 2. The molecule has 0 spiro atoms. The van der Waals surface area contributed by atoms with Gasteiger partial charge in [-0.25, -0.2) is 14.0 Å². The standard InChI is InChI=1S/C34H44FN5O6/c1-21(2)30(33(44)46-4)40-34(45)39-28(20-23-10-7-9-22(3)17-23)32(43)38-27-13-5-6-16-36-29(41)15-14-26(37-31(27)42)19-24-11-8-12-25(35)18-24/h7-12,14-15,17-18,21,26-28,30H,5-6,13,16,19-20H2,1-4H3,(H,36,41)(H,37,42)(H,38,43)(H2,39,40,45)/b15-14-/t26-,27+,28+,30+/m1/s1. The molecule has 0 aliphatic carbocycles. The zero-order valence-corrected chi connectivity index (χ0v) is 26.7. The van der Waals surface area contributed by atoms with Crippen LogP contribution >= 0.6 is 0 Å². The van der Waals surface area contributed by atoms with E-state index < -0.39 is 53.8 Å². The lowest BCUT2D eigenvalue weighted by Gasteiger charge is -2.26. The Morgan fingerprint density at radius 1 is 1.02 bits per heavy atom. The lowest BCUT2D eigenvalue weighted by molar-refractivity contribution is -0.144. The maximum absolute atomic E-state index is 13.9. The van der Waals surface area contributed by atoms with Crippen molar-refractivity contribution in [2.24, 2.45) is 5.92 Å². The first-order chi connectivity index (χ1) is 21.9. The summed E-state index contributed by atoms with van der Waals surface area (Å²) in [6, 6.07) is 9.03. The molecule has 1 heterocycles. The van der Waals surface area contributed by atoms with Crippen LogP contribution in [0.5, 0.6) is 0 Å². The average molecular weight is 638 g/mol. The number of esters is 1. The fraction of sp³-hybridized carbons (Fsp3) is 0.441. The van der Waals surface area contributed by atoms with Gasteiger partial charge in [-0.05, 0) is 61.8 Å². The largest absolute Gasteiger partial charge is 0.467 e. The van der Waals surface area contributed by atoms with Crippen LogP contribution in [0.15, 0.2) is 60.7 Å². The first-order valence-electron chi connectivity index (χ1n) is 15.5. The molecule has 2 aromatic rings. The van der Waals surface area contributed by atoms with Crippen LogP contribution in [0.25, 0.3) is 0 Å². The number of hydrogen-bond donors (Lipinski definition) is 5. The van der Waals surface area contributed by atoms with Crippen molar-refractivity contribution in [2.45, 2.75) is 77.0 Å². The Hall–Kier alpha value is -4.74. The van der Waals surface area contributed by atoms with Crippen molar-refractivity contribution in [3.63, 3.8) is 0 Å². The Labute approximate surface area is 269 Å². The second-order valence-electron chi connectivity index (χ2n) is 11.8. The summed E-state index contributed by atoms with van der Waals surface area (Å²) < 4.78 is 18.7. The zero-order valence-electron chi connectivity index (χ0n) is 26.7. The van der Waals surface area contributed by atoms with Gasteiger partial charge in [-0.1, -0.05) is 61.9 Å².